The van der Waals surface area contributed by atoms with Gasteiger partial charge in [0.05, 0.1) is 5.02 Å². The second kappa shape index (κ2) is 6.90. The Kier molecular flexibility index (Phi) is 5.77. The van der Waals surface area contributed by atoms with Gasteiger partial charge in [-0.05, 0) is 37.2 Å². The van der Waals surface area contributed by atoms with Gasteiger partial charge in [0.2, 0.25) is 0 Å². The molecule has 0 heterocycles. The van der Waals surface area contributed by atoms with Crippen LogP contribution < -0.4 is 4.74 Å². The molecule has 0 aromatic heterocycles. The van der Waals surface area contributed by atoms with Crippen LogP contribution in [0.5, 0.6) is 11.5 Å². The lowest BCUT2D eigenvalue weighted by Gasteiger charge is -2.18. The summed E-state index contributed by atoms with van der Waals surface area (Å²) in [7, 11) is 3.43. The number of nitrogens with zero attached hydrogens (tertiary/aromatic N) is 1. The number of phenolic OH excluding ortho intramolecular Hbond substituents is 1. The number of hydrogen-bond donors (Lipinski definition) is 1. The highest BCUT2D eigenvalue weighted by molar-refractivity contribution is 7.80. The van der Waals surface area contributed by atoms with Crippen LogP contribution in [0.2, 0.25) is 5.02 Å². The molecule has 20 heavy (non-hydrogen) atoms. The molecule has 0 amide bonds. The summed E-state index contributed by atoms with van der Waals surface area (Å²) in [5, 5.41) is 10.7. The van der Waals surface area contributed by atoms with Crippen LogP contribution in [0.4, 0.5) is 0 Å². The predicted octanol–water partition coefficient (Wildman–Crippen LogP) is 3.43. The summed E-state index contributed by atoms with van der Waals surface area (Å²) in [5.74, 6) is -0.297. The molecule has 0 fully saturated rings. The molecule has 6 heteroatoms. The molecule has 1 N–H and O–H groups in total. The number of ether oxygens (including phenoxy) is 1. The van der Waals surface area contributed by atoms with E-state index in [0.717, 1.165) is 6.42 Å². The number of carbonyl (C=O) groups is 1. The molecule has 0 aliphatic heterocycles. The molecule has 0 aliphatic rings. The largest absolute Gasteiger partial charge is 0.507 e. The van der Waals surface area contributed by atoms with Gasteiger partial charge in [0.15, 0.2) is 11.5 Å². The zero-order valence-electron chi connectivity index (χ0n) is 12.0. The van der Waals surface area contributed by atoms with Gasteiger partial charge in [-0.3, -0.25) is 4.79 Å². The maximum atomic E-state index is 11.8. The van der Waals surface area contributed by atoms with Crippen molar-refractivity contribution in [2.45, 2.75) is 26.7 Å². The Balaban J connectivity index is 3.39. The molecule has 1 rings (SSSR count). The van der Waals surface area contributed by atoms with Crippen molar-refractivity contribution >= 4 is 34.8 Å². The third-order valence-corrected chi connectivity index (χ3v) is 3.44. The fourth-order valence-electron chi connectivity index (χ4n) is 1.74. The number of ketones is 1. The maximum Gasteiger partial charge on any atom is 0.264 e. The maximum absolute atomic E-state index is 11.8. The highest BCUT2D eigenvalue weighted by Gasteiger charge is 2.22. The molecule has 0 saturated carbocycles. The lowest BCUT2D eigenvalue weighted by Crippen LogP contribution is -2.25. The van der Waals surface area contributed by atoms with Gasteiger partial charge in [-0.2, -0.15) is 0 Å². The first-order valence-electron chi connectivity index (χ1n) is 6.24. The smallest absolute Gasteiger partial charge is 0.264 e. The Hall–Kier alpha value is -1.33. The van der Waals surface area contributed by atoms with E-state index in [2.05, 4.69) is 0 Å². The second-order valence-electron chi connectivity index (χ2n) is 4.64. The van der Waals surface area contributed by atoms with E-state index in [0.29, 0.717) is 12.0 Å². The normalized spacial score (nSPS) is 10.2. The average Bonchev–Trinajstić information content (AvgIpc) is 2.34. The topological polar surface area (TPSA) is 49.8 Å². The van der Waals surface area contributed by atoms with Crippen molar-refractivity contribution in [3.63, 3.8) is 0 Å². The molecule has 0 atom stereocenters. The zero-order valence-corrected chi connectivity index (χ0v) is 13.6. The fourth-order valence-corrected chi connectivity index (χ4v) is 2.09. The summed E-state index contributed by atoms with van der Waals surface area (Å²) >= 11 is 11.2. The second-order valence-corrected chi connectivity index (χ2v) is 5.40. The van der Waals surface area contributed by atoms with Crippen molar-refractivity contribution < 1.29 is 14.6 Å². The van der Waals surface area contributed by atoms with E-state index in [4.69, 9.17) is 28.6 Å². The number of hydrogen-bond acceptors (Lipinski definition) is 4. The van der Waals surface area contributed by atoms with Gasteiger partial charge in [-0.25, -0.2) is 0 Å². The number of aromatic hydroxyl groups is 1. The quantitative estimate of drug-likeness (QED) is 0.681. The molecule has 4 nitrogen and oxygen atoms in total. The Morgan fingerprint density at radius 1 is 1.50 bits per heavy atom. The summed E-state index contributed by atoms with van der Waals surface area (Å²) in [6.45, 7) is 3.33. The van der Waals surface area contributed by atoms with Crippen molar-refractivity contribution in [1.29, 1.82) is 0 Å². The summed E-state index contributed by atoms with van der Waals surface area (Å²) in [6, 6.07) is 1.61. The summed E-state index contributed by atoms with van der Waals surface area (Å²) in [5.41, 5.74) is 0.705. The molecule has 0 bridgehead atoms. The van der Waals surface area contributed by atoms with E-state index in [9.17, 15) is 9.90 Å². The Morgan fingerprint density at radius 2 is 2.10 bits per heavy atom. The van der Waals surface area contributed by atoms with E-state index in [1.165, 1.54) is 6.92 Å². The van der Waals surface area contributed by atoms with E-state index < -0.39 is 0 Å². The first-order valence-corrected chi connectivity index (χ1v) is 7.02. The molecule has 1 aromatic rings. The Labute approximate surface area is 129 Å². The highest BCUT2D eigenvalue weighted by Crippen LogP contribution is 2.39. The van der Waals surface area contributed by atoms with Gasteiger partial charge in [0.25, 0.3) is 5.17 Å². The van der Waals surface area contributed by atoms with Gasteiger partial charge in [-0.1, -0.05) is 24.9 Å². The van der Waals surface area contributed by atoms with Gasteiger partial charge in [-0.15, -0.1) is 0 Å². The molecule has 0 unspecified atom stereocenters. The van der Waals surface area contributed by atoms with Gasteiger partial charge in [0, 0.05) is 14.1 Å². The number of rotatable bonds is 4. The minimum Gasteiger partial charge on any atom is -0.507 e. The van der Waals surface area contributed by atoms with Crippen LogP contribution in [0.1, 0.15) is 36.2 Å². The number of halogens is 1. The number of carbonyl (C=O) groups excluding carboxylic acids is 1. The molecule has 0 spiro atoms. The third-order valence-electron chi connectivity index (χ3n) is 2.71. The molecule has 0 radical (unpaired) electrons. The third kappa shape index (κ3) is 3.61. The fraction of sp³-hybridized carbons (Fsp3) is 0.429. The SMILES string of the molecule is CCCc1cc(Cl)c(OC(=S)N(C)C)c(C(C)=O)c1O. The van der Waals surface area contributed by atoms with Gasteiger partial charge in [0.1, 0.15) is 11.3 Å². The summed E-state index contributed by atoms with van der Waals surface area (Å²) in [4.78, 5) is 13.4. The molecule has 1 aromatic carbocycles. The van der Waals surface area contributed by atoms with Crippen LogP contribution >= 0.6 is 23.8 Å². The van der Waals surface area contributed by atoms with Crippen LogP contribution in [-0.2, 0) is 6.42 Å². The predicted molar refractivity (Wildman–Crippen MR) is 84.0 cm³/mol. The lowest BCUT2D eigenvalue weighted by atomic mass is 10.0. The molecule has 0 saturated heterocycles. The number of benzene rings is 1. The van der Waals surface area contributed by atoms with Crippen LogP contribution in [0.25, 0.3) is 0 Å². The molecular weight excluding hydrogens is 298 g/mol. The van der Waals surface area contributed by atoms with E-state index in [-0.39, 0.29) is 33.0 Å². The van der Waals surface area contributed by atoms with E-state index >= 15 is 0 Å². The number of Topliss-reactive ketones (excluding diaryl/α,β-unsaturated/α-hetero) is 1. The highest BCUT2D eigenvalue weighted by atomic mass is 35.5. The van der Waals surface area contributed by atoms with Crippen molar-refractivity contribution in [2.24, 2.45) is 0 Å². The first kappa shape index (κ1) is 16.7. The Bertz CT molecular complexity index is 544. The van der Waals surface area contributed by atoms with Crippen molar-refractivity contribution in [3.8, 4) is 11.5 Å². The monoisotopic (exact) mass is 315 g/mol. The first-order chi connectivity index (χ1) is 9.29. The summed E-state index contributed by atoms with van der Waals surface area (Å²) < 4.78 is 5.46. The van der Waals surface area contributed by atoms with Crippen LogP contribution in [0.15, 0.2) is 6.07 Å². The zero-order chi connectivity index (χ0) is 15.4. The van der Waals surface area contributed by atoms with Crippen molar-refractivity contribution in [3.05, 3.63) is 22.2 Å². The number of phenols is 1. The minimum absolute atomic E-state index is 0.0742. The van der Waals surface area contributed by atoms with E-state index in [1.54, 1.807) is 25.1 Å². The van der Waals surface area contributed by atoms with Gasteiger partial charge >= 0.3 is 0 Å². The Morgan fingerprint density at radius 3 is 2.55 bits per heavy atom. The molecule has 110 valence electrons. The van der Waals surface area contributed by atoms with Crippen molar-refractivity contribution in [1.82, 2.24) is 4.90 Å². The molecule has 0 aliphatic carbocycles. The van der Waals surface area contributed by atoms with Gasteiger partial charge < -0.3 is 14.7 Å². The molecular formula is C14H18ClNO3S. The number of aryl methyl sites for hydroxylation is 1. The standard InChI is InChI=1S/C14H18ClNO3S/c1-5-6-9-7-10(15)13(19-14(20)16(3)4)11(8(2)17)12(9)18/h7,18H,5-6H2,1-4H3. The number of thiocarbonyl (C=S) groups is 1. The summed E-state index contributed by atoms with van der Waals surface area (Å²) in [6.07, 6.45) is 1.46. The van der Waals surface area contributed by atoms with Crippen LogP contribution in [-0.4, -0.2) is 35.1 Å². The van der Waals surface area contributed by atoms with E-state index in [1.807, 2.05) is 6.92 Å². The van der Waals surface area contributed by atoms with Crippen molar-refractivity contribution in [2.75, 3.05) is 14.1 Å². The lowest BCUT2D eigenvalue weighted by molar-refractivity contribution is 0.101. The average molecular weight is 316 g/mol. The van der Waals surface area contributed by atoms with Crippen LogP contribution in [0, 0.1) is 0 Å². The van der Waals surface area contributed by atoms with Crippen LogP contribution in [0.3, 0.4) is 0 Å². The minimum atomic E-state index is -0.320.